The van der Waals surface area contributed by atoms with E-state index in [0.717, 1.165) is 6.16 Å². The van der Waals surface area contributed by atoms with E-state index in [0.29, 0.717) is 23.4 Å². The first-order valence-corrected chi connectivity index (χ1v) is 17.5. The van der Waals surface area contributed by atoms with Gasteiger partial charge in [-0.15, -0.1) is 0 Å². The zero-order valence-corrected chi connectivity index (χ0v) is 27.9. The normalized spacial score (nSPS) is 17.2. The molecule has 0 saturated carbocycles. The molecule has 0 radical (unpaired) electrons. The van der Waals surface area contributed by atoms with Crippen molar-refractivity contribution in [3.05, 3.63) is 118 Å². The van der Waals surface area contributed by atoms with Gasteiger partial charge in [-0.2, -0.15) is 0 Å². The maximum Gasteiger partial charge on any atom is 0.0311 e. The molecule has 2 atom stereocenters. The lowest BCUT2D eigenvalue weighted by Crippen LogP contribution is -2.20. The lowest BCUT2D eigenvalue weighted by Gasteiger charge is -2.41. The SMILES string of the molecule is CC(C)c1cc(C(C)C)c([C@H]2c3ccc4ccccc4c3-c3c(ccc4ccccc34)CP2C(C)(C)C)c(C(C)C)c1. The van der Waals surface area contributed by atoms with E-state index in [1.54, 1.807) is 16.7 Å². The molecular weight excluding hydrogens is 523 g/mol. The Bertz CT molecular complexity index is 1750. The van der Waals surface area contributed by atoms with Gasteiger partial charge in [0.25, 0.3) is 0 Å². The van der Waals surface area contributed by atoms with E-state index in [1.807, 2.05) is 0 Å². The van der Waals surface area contributed by atoms with Crippen molar-refractivity contribution in [2.75, 3.05) is 0 Å². The first-order chi connectivity index (χ1) is 20.0. The molecule has 0 amide bonds. The van der Waals surface area contributed by atoms with Crippen LogP contribution in [-0.4, -0.2) is 5.16 Å². The fraction of sp³-hybridized carbons (Fsp3) is 0.366. The van der Waals surface area contributed by atoms with Crippen LogP contribution in [0.15, 0.2) is 84.9 Å². The smallest absolute Gasteiger partial charge is 0.0311 e. The van der Waals surface area contributed by atoms with E-state index < -0.39 is 7.92 Å². The highest BCUT2D eigenvalue weighted by Gasteiger charge is 2.41. The summed E-state index contributed by atoms with van der Waals surface area (Å²) in [6, 6.07) is 33.0. The van der Waals surface area contributed by atoms with Crippen molar-refractivity contribution in [2.24, 2.45) is 0 Å². The Kier molecular flexibility index (Phi) is 7.60. The molecule has 0 aromatic heterocycles. The second-order valence-electron chi connectivity index (χ2n) is 14.4. The number of hydrogen-bond donors (Lipinski definition) is 0. The van der Waals surface area contributed by atoms with E-state index in [9.17, 15) is 0 Å². The first-order valence-electron chi connectivity index (χ1n) is 15.9. The molecule has 1 heteroatoms. The Morgan fingerprint density at radius 1 is 0.619 bits per heavy atom. The quantitative estimate of drug-likeness (QED) is 0.189. The van der Waals surface area contributed by atoms with Gasteiger partial charge in [-0.3, -0.25) is 0 Å². The molecule has 0 spiro atoms. The van der Waals surface area contributed by atoms with Crippen LogP contribution >= 0.6 is 7.92 Å². The van der Waals surface area contributed by atoms with Gasteiger partial charge >= 0.3 is 0 Å². The van der Waals surface area contributed by atoms with E-state index >= 15 is 0 Å². The third-order valence-corrected chi connectivity index (χ3v) is 13.1. The lowest BCUT2D eigenvalue weighted by atomic mass is 9.79. The zero-order chi connectivity index (χ0) is 29.9. The van der Waals surface area contributed by atoms with Crippen LogP contribution in [0.2, 0.25) is 0 Å². The highest BCUT2D eigenvalue weighted by Crippen LogP contribution is 2.69. The van der Waals surface area contributed by atoms with Crippen LogP contribution in [0.25, 0.3) is 32.7 Å². The first kappa shape index (κ1) is 29.1. The Labute approximate surface area is 255 Å². The molecule has 1 aliphatic heterocycles. The number of fused-ring (bicyclic) bond motifs is 7. The maximum absolute atomic E-state index is 2.57. The summed E-state index contributed by atoms with van der Waals surface area (Å²) in [6.45, 7) is 21.8. The molecule has 0 nitrogen and oxygen atoms in total. The minimum absolute atomic E-state index is 0.176. The van der Waals surface area contributed by atoms with Crippen molar-refractivity contribution < 1.29 is 0 Å². The largest absolute Gasteiger partial charge is 0.0843 e. The van der Waals surface area contributed by atoms with Gasteiger partial charge in [0.05, 0.1) is 0 Å². The van der Waals surface area contributed by atoms with Gasteiger partial charge < -0.3 is 0 Å². The molecule has 0 fully saturated rings. The molecule has 216 valence electrons. The van der Waals surface area contributed by atoms with Gasteiger partial charge in [-0.25, -0.2) is 0 Å². The fourth-order valence-corrected chi connectivity index (χ4v) is 10.5. The van der Waals surface area contributed by atoms with E-state index in [1.165, 1.54) is 49.4 Å². The van der Waals surface area contributed by atoms with Gasteiger partial charge in [0.15, 0.2) is 0 Å². The van der Waals surface area contributed by atoms with Crippen molar-refractivity contribution in [2.45, 2.75) is 97.0 Å². The van der Waals surface area contributed by atoms with Crippen molar-refractivity contribution in [1.29, 1.82) is 0 Å². The number of benzene rings is 5. The van der Waals surface area contributed by atoms with Crippen molar-refractivity contribution >= 4 is 29.5 Å². The van der Waals surface area contributed by atoms with Crippen LogP contribution in [-0.2, 0) is 6.16 Å². The summed E-state index contributed by atoms with van der Waals surface area (Å²) in [7, 11) is -0.470. The topological polar surface area (TPSA) is 0 Å². The minimum atomic E-state index is -0.470. The average molecular weight is 571 g/mol. The molecule has 1 heterocycles. The predicted octanol–water partition coefficient (Wildman–Crippen LogP) is 12.9. The lowest BCUT2D eigenvalue weighted by molar-refractivity contribution is 0.752. The minimum Gasteiger partial charge on any atom is -0.0843 e. The third-order valence-electron chi connectivity index (χ3n) is 9.49. The van der Waals surface area contributed by atoms with Crippen molar-refractivity contribution in [1.82, 2.24) is 0 Å². The number of rotatable bonds is 4. The molecule has 0 N–H and O–H groups in total. The van der Waals surface area contributed by atoms with E-state index in [4.69, 9.17) is 0 Å². The molecule has 1 aliphatic rings. The Morgan fingerprint density at radius 2 is 1.14 bits per heavy atom. The summed E-state index contributed by atoms with van der Waals surface area (Å²) in [5.74, 6) is 1.44. The highest BCUT2D eigenvalue weighted by atomic mass is 31.1. The monoisotopic (exact) mass is 570 g/mol. The molecule has 1 unspecified atom stereocenters. The molecule has 0 bridgehead atoms. The third kappa shape index (κ3) is 4.91. The van der Waals surface area contributed by atoms with Gasteiger partial charge in [0.2, 0.25) is 0 Å². The number of hydrogen-bond acceptors (Lipinski definition) is 0. The van der Waals surface area contributed by atoms with Crippen molar-refractivity contribution in [3.8, 4) is 11.1 Å². The van der Waals surface area contributed by atoms with E-state index in [-0.39, 0.29) is 5.16 Å². The van der Waals surface area contributed by atoms with Crippen LogP contribution in [0, 0.1) is 0 Å². The molecule has 0 saturated heterocycles. The van der Waals surface area contributed by atoms with Crippen molar-refractivity contribution in [3.63, 3.8) is 0 Å². The van der Waals surface area contributed by atoms with Gasteiger partial charge in [0, 0.05) is 5.66 Å². The molecule has 42 heavy (non-hydrogen) atoms. The predicted molar refractivity (Wildman–Crippen MR) is 188 cm³/mol. The standard InChI is InChI=1S/C41H47P/c1-25(2)31-22-35(26(3)4)39(36(23-31)27(5)6)40-34-21-20-29-15-11-13-17-33(29)38(34)37-30(24-42(40)41(7,8)9)19-18-28-14-10-12-16-32(28)37/h10-23,25-27,40H,24H2,1-9H3/t40-,42?/m1/s1. The van der Waals surface area contributed by atoms with Gasteiger partial charge in [-0.1, -0.05) is 155 Å². The summed E-state index contributed by atoms with van der Waals surface area (Å²) >= 11 is 0. The van der Waals surface area contributed by atoms with Crippen LogP contribution < -0.4 is 0 Å². The van der Waals surface area contributed by atoms with Crippen LogP contribution in [0.3, 0.4) is 0 Å². The summed E-state index contributed by atoms with van der Waals surface area (Å²) in [6.07, 6.45) is 1.13. The molecule has 5 aromatic rings. The summed E-state index contributed by atoms with van der Waals surface area (Å²) < 4.78 is 0. The van der Waals surface area contributed by atoms with Crippen LogP contribution in [0.1, 0.15) is 119 Å². The Morgan fingerprint density at radius 3 is 1.67 bits per heavy atom. The molecule has 6 rings (SSSR count). The molecular formula is C41H47P. The summed E-state index contributed by atoms with van der Waals surface area (Å²) in [4.78, 5) is 0. The Balaban J connectivity index is 1.82. The summed E-state index contributed by atoms with van der Waals surface area (Å²) in [5.41, 5.74) is 12.6. The van der Waals surface area contributed by atoms with Gasteiger partial charge in [-0.05, 0) is 95.1 Å². The van der Waals surface area contributed by atoms with Crippen LogP contribution in [0.4, 0.5) is 0 Å². The maximum atomic E-state index is 2.57. The molecule has 5 aromatic carbocycles. The second kappa shape index (κ2) is 11.0. The zero-order valence-electron chi connectivity index (χ0n) is 27.0. The molecule has 0 aliphatic carbocycles. The van der Waals surface area contributed by atoms with Crippen LogP contribution in [0.5, 0.6) is 0 Å². The average Bonchev–Trinajstić information content (AvgIpc) is 3.11. The van der Waals surface area contributed by atoms with Gasteiger partial charge in [0.1, 0.15) is 0 Å². The fourth-order valence-electron chi connectivity index (χ4n) is 7.24. The summed E-state index contributed by atoms with van der Waals surface area (Å²) in [5, 5.41) is 5.62. The highest BCUT2D eigenvalue weighted by molar-refractivity contribution is 7.59. The van der Waals surface area contributed by atoms with E-state index in [2.05, 4.69) is 147 Å². The second-order valence-corrected chi connectivity index (χ2v) is 17.5. The Hall–Kier alpha value is -2.95.